The van der Waals surface area contributed by atoms with Crippen LogP contribution < -0.4 is 4.74 Å². The first kappa shape index (κ1) is 21.2. The van der Waals surface area contributed by atoms with Crippen LogP contribution in [-0.2, 0) is 10.3 Å². The second-order valence-corrected chi connectivity index (χ2v) is 9.04. The lowest BCUT2D eigenvalue weighted by molar-refractivity contribution is 0.00909. The number of cyclic esters (lactones) is 1. The maximum absolute atomic E-state index is 13.6. The average molecular weight is 447 g/mol. The Morgan fingerprint density at radius 2 is 1.85 bits per heavy atom. The van der Waals surface area contributed by atoms with Crippen molar-refractivity contribution in [3.05, 3.63) is 71.5 Å². The lowest BCUT2D eigenvalue weighted by Gasteiger charge is -2.38. The van der Waals surface area contributed by atoms with Gasteiger partial charge in [-0.2, -0.15) is 15.0 Å². The number of carbonyl (C=O) groups excluding carboxylic acids is 2. The van der Waals surface area contributed by atoms with Crippen LogP contribution >= 0.6 is 0 Å². The lowest BCUT2D eigenvalue weighted by atomic mass is 9.95. The predicted molar refractivity (Wildman–Crippen MR) is 120 cm³/mol. The van der Waals surface area contributed by atoms with E-state index in [1.54, 1.807) is 24.5 Å². The van der Waals surface area contributed by atoms with E-state index in [0.717, 1.165) is 18.4 Å². The molecule has 1 saturated heterocycles. The third-order valence-corrected chi connectivity index (χ3v) is 6.39. The largest absolute Gasteiger partial charge is 0.488 e. The standard InChI is InChI=1S/C25H26N4O4/c1-16-11-12-17(32-21-10-6-8-19-22(21)24(31)33-25(19,2)3)15-28(16)23(30)18-7-4-5-9-20(18)29-26-13-14-27-29/h4-10,13-14,16-17H,11-12,15H2,1-3H3. The van der Waals surface area contributed by atoms with Crippen LogP contribution in [0.1, 0.15) is 59.9 Å². The first-order chi connectivity index (χ1) is 15.8. The summed E-state index contributed by atoms with van der Waals surface area (Å²) >= 11 is 0. The molecular weight excluding hydrogens is 420 g/mol. The molecule has 2 aliphatic heterocycles. The van der Waals surface area contributed by atoms with E-state index in [-0.39, 0.29) is 24.0 Å². The minimum atomic E-state index is -0.681. The molecule has 2 unspecified atom stereocenters. The summed E-state index contributed by atoms with van der Waals surface area (Å²) in [5.74, 6) is 0.0436. The van der Waals surface area contributed by atoms with Crippen LogP contribution in [0.25, 0.3) is 5.69 Å². The molecule has 33 heavy (non-hydrogen) atoms. The van der Waals surface area contributed by atoms with Crippen molar-refractivity contribution in [1.29, 1.82) is 0 Å². The van der Waals surface area contributed by atoms with Gasteiger partial charge < -0.3 is 14.4 Å². The smallest absolute Gasteiger partial charge is 0.343 e. The van der Waals surface area contributed by atoms with Gasteiger partial charge >= 0.3 is 5.97 Å². The van der Waals surface area contributed by atoms with E-state index in [4.69, 9.17) is 9.47 Å². The van der Waals surface area contributed by atoms with Crippen LogP contribution in [0.15, 0.2) is 54.9 Å². The van der Waals surface area contributed by atoms with Crippen LogP contribution in [0.2, 0.25) is 0 Å². The van der Waals surface area contributed by atoms with Crippen LogP contribution in [0.5, 0.6) is 5.75 Å². The molecule has 170 valence electrons. The zero-order chi connectivity index (χ0) is 23.2. The summed E-state index contributed by atoms with van der Waals surface area (Å²) in [6.45, 7) is 6.20. The summed E-state index contributed by atoms with van der Waals surface area (Å²) in [5, 5.41) is 8.37. The molecule has 3 aromatic rings. The molecule has 8 heteroatoms. The van der Waals surface area contributed by atoms with E-state index in [9.17, 15) is 9.59 Å². The number of esters is 1. The average Bonchev–Trinajstić information content (AvgIpc) is 3.41. The number of aromatic nitrogens is 3. The molecule has 5 rings (SSSR count). The second kappa shape index (κ2) is 8.03. The summed E-state index contributed by atoms with van der Waals surface area (Å²) in [4.78, 5) is 29.4. The molecule has 2 aliphatic rings. The summed E-state index contributed by atoms with van der Waals surface area (Å²) in [6.07, 6.45) is 4.51. The number of carbonyl (C=O) groups is 2. The number of para-hydroxylation sites is 1. The maximum atomic E-state index is 13.6. The Hall–Kier alpha value is -3.68. The fourth-order valence-corrected chi connectivity index (χ4v) is 4.64. The Bertz CT molecular complexity index is 1200. The summed E-state index contributed by atoms with van der Waals surface area (Å²) in [6, 6.07) is 12.9. The van der Waals surface area contributed by atoms with Crippen molar-refractivity contribution in [2.75, 3.05) is 6.54 Å². The molecule has 0 aliphatic carbocycles. The normalized spacial score (nSPS) is 21.4. The molecule has 1 amide bonds. The molecule has 0 N–H and O–H groups in total. The minimum absolute atomic E-state index is 0.0568. The monoisotopic (exact) mass is 446 g/mol. The van der Waals surface area contributed by atoms with Gasteiger partial charge in [-0.05, 0) is 51.8 Å². The minimum Gasteiger partial charge on any atom is -0.488 e. The second-order valence-electron chi connectivity index (χ2n) is 9.04. The number of rotatable bonds is 4. The van der Waals surface area contributed by atoms with Crippen LogP contribution in [0, 0.1) is 0 Å². The van der Waals surface area contributed by atoms with Crippen molar-refractivity contribution in [3.8, 4) is 11.4 Å². The van der Waals surface area contributed by atoms with Crippen molar-refractivity contribution in [3.63, 3.8) is 0 Å². The van der Waals surface area contributed by atoms with Gasteiger partial charge in [0.2, 0.25) is 0 Å². The number of amides is 1. The van der Waals surface area contributed by atoms with E-state index in [1.807, 2.05) is 56.0 Å². The van der Waals surface area contributed by atoms with E-state index in [0.29, 0.717) is 29.1 Å². The van der Waals surface area contributed by atoms with Gasteiger partial charge in [-0.25, -0.2) is 4.79 Å². The number of benzene rings is 2. The summed E-state index contributed by atoms with van der Waals surface area (Å²) in [5.41, 5.74) is 1.79. The van der Waals surface area contributed by atoms with E-state index in [1.165, 1.54) is 4.80 Å². The summed E-state index contributed by atoms with van der Waals surface area (Å²) < 4.78 is 11.8. The molecule has 2 aromatic carbocycles. The topological polar surface area (TPSA) is 86.5 Å². The van der Waals surface area contributed by atoms with Crippen molar-refractivity contribution >= 4 is 11.9 Å². The van der Waals surface area contributed by atoms with Gasteiger partial charge in [0.25, 0.3) is 5.91 Å². The Labute approximate surface area is 192 Å². The zero-order valence-electron chi connectivity index (χ0n) is 18.9. The lowest BCUT2D eigenvalue weighted by Crippen LogP contribution is -2.49. The maximum Gasteiger partial charge on any atom is 0.343 e. The summed E-state index contributed by atoms with van der Waals surface area (Å²) in [7, 11) is 0. The van der Waals surface area contributed by atoms with Crippen LogP contribution in [0.3, 0.4) is 0 Å². The number of fused-ring (bicyclic) bond motifs is 1. The fourth-order valence-electron chi connectivity index (χ4n) is 4.64. The van der Waals surface area contributed by atoms with Crippen molar-refractivity contribution in [2.45, 2.75) is 51.4 Å². The van der Waals surface area contributed by atoms with Gasteiger partial charge in [-0.3, -0.25) is 4.79 Å². The number of piperidine rings is 1. The third-order valence-electron chi connectivity index (χ3n) is 6.39. The highest BCUT2D eigenvalue weighted by Crippen LogP contribution is 2.41. The molecule has 8 nitrogen and oxygen atoms in total. The van der Waals surface area contributed by atoms with Crippen LogP contribution in [-0.4, -0.2) is 50.5 Å². The predicted octanol–water partition coefficient (Wildman–Crippen LogP) is 3.74. The van der Waals surface area contributed by atoms with Gasteiger partial charge in [-0.1, -0.05) is 24.3 Å². The highest BCUT2D eigenvalue weighted by molar-refractivity contribution is 5.98. The van der Waals surface area contributed by atoms with Gasteiger partial charge in [0.15, 0.2) is 0 Å². The quantitative estimate of drug-likeness (QED) is 0.568. The first-order valence-corrected chi connectivity index (χ1v) is 11.2. The SMILES string of the molecule is CC1CCC(Oc2cccc3c2C(=O)OC3(C)C)CN1C(=O)c1ccccc1-n1nccn1. The van der Waals surface area contributed by atoms with Gasteiger partial charge in [-0.15, -0.1) is 0 Å². The highest BCUT2D eigenvalue weighted by atomic mass is 16.6. The van der Waals surface area contributed by atoms with Crippen LogP contribution in [0.4, 0.5) is 0 Å². The Morgan fingerprint density at radius 1 is 1.09 bits per heavy atom. The first-order valence-electron chi connectivity index (χ1n) is 11.2. The molecular formula is C25H26N4O4. The van der Waals surface area contributed by atoms with E-state index < -0.39 is 5.60 Å². The number of likely N-dealkylation sites (tertiary alicyclic amines) is 1. The number of hydrogen-bond acceptors (Lipinski definition) is 6. The van der Waals surface area contributed by atoms with Gasteiger partial charge in [0.05, 0.1) is 30.2 Å². The highest BCUT2D eigenvalue weighted by Gasteiger charge is 2.41. The Morgan fingerprint density at radius 3 is 2.64 bits per heavy atom. The third kappa shape index (κ3) is 3.75. The fraction of sp³-hybridized carbons (Fsp3) is 0.360. The molecule has 1 aromatic heterocycles. The molecule has 0 spiro atoms. The molecule has 2 atom stereocenters. The zero-order valence-corrected chi connectivity index (χ0v) is 18.9. The van der Waals surface area contributed by atoms with Gasteiger partial charge in [0, 0.05) is 11.6 Å². The number of ether oxygens (including phenoxy) is 2. The molecule has 0 radical (unpaired) electrons. The van der Waals surface area contributed by atoms with E-state index >= 15 is 0 Å². The number of nitrogens with zero attached hydrogens (tertiary/aromatic N) is 4. The Kier molecular flexibility index (Phi) is 5.15. The molecule has 0 saturated carbocycles. The Balaban J connectivity index is 1.40. The molecule has 3 heterocycles. The van der Waals surface area contributed by atoms with Crippen molar-refractivity contribution in [2.24, 2.45) is 0 Å². The number of hydrogen-bond donors (Lipinski definition) is 0. The molecule has 1 fully saturated rings. The van der Waals surface area contributed by atoms with Crippen molar-refractivity contribution < 1.29 is 19.1 Å². The molecule has 0 bridgehead atoms. The van der Waals surface area contributed by atoms with Crippen molar-refractivity contribution in [1.82, 2.24) is 19.9 Å². The van der Waals surface area contributed by atoms with Gasteiger partial charge in [0.1, 0.15) is 23.0 Å². The van der Waals surface area contributed by atoms with E-state index in [2.05, 4.69) is 10.2 Å².